The molecule has 0 radical (unpaired) electrons. The number of piperazine rings is 1. The van der Waals surface area contributed by atoms with Crippen LogP contribution in [0.5, 0.6) is 0 Å². The van der Waals surface area contributed by atoms with E-state index in [9.17, 15) is 0 Å². The lowest BCUT2D eigenvalue weighted by atomic mass is 10.0. The van der Waals surface area contributed by atoms with Crippen molar-refractivity contribution in [1.29, 1.82) is 0 Å². The zero-order valence-corrected chi connectivity index (χ0v) is 16.7. The van der Waals surface area contributed by atoms with Crippen molar-refractivity contribution in [2.24, 2.45) is 0 Å². The standard InChI is InChI=1S/C24H31N3/c1-18-4-6-20(7-5-18)19(2)25-23-11-10-22(24(16-23)21-8-9-21)17-27-14-12-26(3)13-15-27/h4-7,10-11,16,21,25H,2,8-9,12-15,17H2,1,3H3. The third kappa shape index (κ3) is 4.60. The lowest BCUT2D eigenvalue weighted by Crippen LogP contribution is -2.44. The minimum absolute atomic E-state index is 0.752. The number of rotatable bonds is 6. The molecular weight excluding hydrogens is 330 g/mol. The predicted molar refractivity (Wildman–Crippen MR) is 115 cm³/mol. The summed E-state index contributed by atoms with van der Waals surface area (Å²) < 4.78 is 0. The highest BCUT2D eigenvalue weighted by Crippen LogP contribution is 2.43. The van der Waals surface area contributed by atoms with Crippen molar-refractivity contribution in [1.82, 2.24) is 9.80 Å². The molecule has 2 aromatic carbocycles. The van der Waals surface area contributed by atoms with Gasteiger partial charge < -0.3 is 10.2 Å². The van der Waals surface area contributed by atoms with Gasteiger partial charge in [0.05, 0.1) is 0 Å². The first-order valence-electron chi connectivity index (χ1n) is 10.2. The number of nitrogens with zero attached hydrogens (tertiary/aromatic N) is 2. The molecule has 0 bridgehead atoms. The Balaban J connectivity index is 1.47. The first-order valence-corrected chi connectivity index (χ1v) is 10.2. The van der Waals surface area contributed by atoms with E-state index in [0.717, 1.165) is 29.4 Å². The number of likely N-dealkylation sites (N-methyl/N-ethyl adjacent to an activating group) is 1. The molecule has 1 saturated carbocycles. The smallest absolute Gasteiger partial charge is 0.0387 e. The maximum atomic E-state index is 4.24. The monoisotopic (exact) mass is 361 g/mol. The second-order valence-electron chi connectivity index (χ2n) is 8.24. The molecule has 3 nitrogen and oxygen atoms in total. The van der Waals surface area contributed by atoms with Crippen LogP contribution in [-0.2, 0) is 6.54 Å². The number of benzene rings is 2. The third-order valence-corrected chi connectivity index (χ3v) is 5.85. The predicted octanol–water partition coefficient (Wildman–Crippen LogP) is 4.70. The van der Waals surface area contributed by atoms with Crippen LogP contribution in [-0.4, -0.2) is 43.0 Å². The van der Waals surface area contributed by atoms with Crippen LogP contribution in [0.2, 0.25) is 0 Å². The van der Waals surface area contributed by atoms with Gasteiger partial charge in [0, 0.05) is 44.1 Å². The molecule has 27 heavy (non-hydrogen) atoms. The van der Waals surface area contributed by atoms with Gasteiger partial charge >= 0.3 is 0 Å². The molecule has 0 unspecified atom stereocenters. The van der Waals surface area contributed by atoms with Gasteiger partial charge in [-0.3, -0.25) is 4.90 Å². The molecule has 1 aliphatic carbocycles. The number of anilines is 1. The van der Waals surface area contributed by atoms with Crippen molar-refractivity contribution in [2.45, 2.75) is 32.2 Å². The van der Waals surface area contributed by atoms with Gasteiger partial charge in [0.2, 0.25) is 0 Å². The maximum Gasteiger partial charge on any atom is 0.0387 e. The molecule has 1 aliphatic heterocycles. The van der Waals surface area contributed by atoms with Crippen LogP contribution >= 0.6 is 0 Å². The number of hydrogen-bond donors (Lipinski definition) is 1. The Hall–Kier alpha value is -2.10. The minimum Gasteiger partial charge on any atom is -0.356 e. The number of hydrogen-bond acceptors (Lipinski definition) is 3. The zero-order valence-electron chi connectivity index (χ0n) is 16.7. The van der Waals surface area contributed by atoms with E-state index in [1.165, 1.54) is 55.7 Å². The Morgan fingerprint density at radius 2 is 1.74 bits per heavy atom. The highest BCUT2D eigenvalue weighted by atomic mass is 15.2. The molecule has 0 atom stereocenters. The van der Waals surface area contributed by atoms with Crippen molar-refractivity contribution in [3.05, 3.63) is 71.3 Å². The van der Waals surface area contributed by atoms with Crippen molar-refractivity contribution < 1.29 is 0 Å². The van der Waals surface area contributed by atoms with Gasteiger partial charge in [-0.15, -0.1) is 0 Å². The zero-order chi connectivity index (χ0) is 18.8. The van der Waals surface area contributed by atoms with Crippen LogP contribution in [0.3, 0.4) is 0 Å². The van der Waals surface area contributed by atoms with E-state index < -0.39 is 0 Å². The van der Waals surface area contributed by atoms with Crippen LogP contribution in [0, 0.1) is 6.92 Å². The fourth-order valence-corrected chi connectivity index (χ4v) is 3.84. The minimum atomic E-state index is 0.752. The Labute approximate surface area is 163 Å². The van der Waals surface area contributed by atoms with Gasteiger partial charge in [0.15, 0.2) is 0 Å². The molecule has 4 rings (SSSR count). The van der Waals surface area contributed by atoms with E-state index in [0.29, 0.717) is 0 Å². The van der Waals surface area contributed by atoms with E-state index in [4.69, 9.17) is 0 Å². The first-order chi connectivity index (χ1) is 13.1. The molecule has 3 heteroatoms. The van der Waals surface area contributed by atoms with Crippen LogP contribution < -0.4 is 5.32 Å². The molecule has 1 saturated heterocycles. The van der Waals surface area contributed by atoms with Crippen molar-refractivity contribution in [3.8, 4) is 0 Å². The molecule has 1 N–H and O–H groups in total. The van der Waals surface area contributed by atoms with Crippen molar-refractivity contribution in [2.75, 3.05) is 38.5 Å². The van der Waals surface area contributed by atoms with E-state index in [1.54, 1.807) is 0 Å². The van der Waals surface area contributed by atoms with Gasteiger partial charge in [0.1, 0.15) is 0 Å². The molecule has 0 aromatic heterocycles. The fraction of sp³-hybridized carbons (Fsp3) is 0.417. The van der Waals surface area contributed by atoms with Gasteiger partial charge in [-0.25, -0.2) is 0 Å². The van der Waals surface area contributed by atoms with E-state index in [-0.39, 0.29) is 0 Å². The van der Waals surface area contributed by atoms with Crippen LogP contribution in [0.25, 0.3) is 5.70 Å². The summed E-state index contributed by atoms with van der Waals surface area (Å²) in [7, 11) is 2.22. The van der Waals surface area contributed by atoms with Crippen LogP contribution in [0.1, 0.15) is 41.0 Å². The van der Waals surface area contributed by atoms with Gasteiger partial charge in [-0.1, -0.05) is 42.5 Å². The second kappa shape index (κ2) is 7.87. The topological polar surface area (TPSA) is 18.5 Å². The summed E-state index contributed by atoms with van der Waals surface area (Å²) in [6.45, 7) is 12.1. The van der Waals surface area contributed by atoms with E-state index >= 15 is 0 Å². The molecule has 1 heterocycles. The molecular formula is C24H31N3. The molecule has 142 valence electrons. The fourth-order valence-electron chi connectivity index (χ4n) is 3.84. The Morgan fingerprint density at radius 1 is 1.04 bits per heavy atom. The summed E-state index contributed by atoms with van der Waals surface area (Å²) in [6, 6.07) is 15.5. The van der Waals surface area contributed by atoms with E-state index in [1.807, 2.05) is 0 Å². The molecule has 0 amide bonds. The van der Waals surface area contributed by atoms with Gasteiger partial charge in [-0.05, 0) is 61.6 Å². The lowest BCUT2D eigenvalue weighted by Gasteiger charge is -2.33. The molecule has 0 spiro atoms. The molecule has 2 fully saturated rings. The quantitative estimate of drug-likeness (QED) is 0.804. The van der Waals surface area contributed by atoms with Gasteiger partial charge in [0.25, 0.3) is 0 Å². The summed E-state index contributed by atoms with van der Waals surface area (Å²) in [5.41, 5.74) is 7.59. The summed E-state index contributed by atoms with van der Waals surface area (Å²) in [5.74, 6) is 0.752. The summed E-state index contributed by atoms with van der Waals surface area (Å²) in [4.78, 5) is 5.02. The Bertz CT molecular complexity index is 797. The largest absolute Gasteiger partial charge is 0.356 e. The lowest BCUT2D eigenvalue weighted by molar-refractivity contribution is 0.148. The summed E-state index contributed by atoms with van der Waals surface area (Å²) >= 11 is 0. The SMILES string of the molecule is C=C(Nc1ccc(CN2CCN(C)CC2)c(C2CC2)c1)c1ccc(C)cc1. The van der Waals surface area contributed by atoms with Crippen LogP contribution in [0.4, 0.5) is 5.69 Å². The summed E-state index contributed by atoms with van der Waals surface area (Å²) in [5, 5.41) is 3.52. The maximum absolute atomic E-state index is 4.24. The average molecular weight is 362 g/mol. The number of nitrogens with one attached hydrogen (secondary N) is 1. The Morgan fingerprint density at radius 3 is 2.41 bits per heavy atom. The molecule has 2 aliphatic rings. The van der Waals surface area contributed by atoms with Crippen LogP contribution in [0.15, 0.2) is 49.0 Å². The van der Waals surface area contributed by atoms with E-state index in [2.05, 4.69) is 78.1 Å². The third-order valence-electron chi connectivity index (χ3n) is 5.85. The van der Waals surface area contributed by atoms with Crippen molar-refractivity contribution >= 4 is 11.4 Å². The highest BCUT2D eigenvalue weighted by Gasteiger charge is 2.27. The average Bonchev–Trinajstić information content (AvgIpc) is 3.50. The first kappa shape index (κ1) is 18.3. The van der Waals surface area contributed by atoms with Crippen molar-refractivity contribution in [3.63, 3.8) is 0 Å². The normalized spacial score (nSPS) is 18.4. The molecule has 2 aromatic rings. The second-order valence-corrected chi connectivity index (χ2v) is 8.24. The highest BCUT2D eigenvalue weighted by molar-refractivity contribution is 5.75. The Kier molecular flexibility index (Phi) is 5.33. The summed E-state index contributed by atoms with van der Waals surface area (Å²) in [6.07, 6.45) is 2.66. The van der Waals surface area contributed by atoms with Gasteiger partial charge in [-0.2, -0.15) is 0 Å². The number of aryl methyl sites for hydroxylation is 1.